The molecule has 14 heteroatoms. The number of benzene rings is 4. The molecular formula is C41H39F5N4O5. The molecule has 5 atom stereocenters. The first-order chi connectivity index (χ1) is 26.7. The van der Waals surface area contributed by atoms with E-state index in [9.17, 15) is 26.7 Å². The van der Waals surface area contributed by atoms with Crippen LogP contribution >= 0.6 is 0 Å². The highest BCUT2D eigenvalue weighted by Crippen LogP contribution is 2.47. The Morgan fingerprint density at radius 3 is 2.00 bits per heavy atom. The van der Waals surface area contributed by atoms with Gasteiger partial charge in [0.05, 0.1) is 39.2 Å². The Labute approximate surface area is 314 Å². The lowest BCUT2D eigenvalue weighted by Crippen LogP contribution is -2.72. The fraction of sp³-hybridized carbons (Fsp3) is 0.341. The number of halogens is 5. The smallest absolute Gasteiger partial charge is 0.256 e. The number of hydrogen-bond acceptors (Lipinski definition) is 7. The van der Waals surface area contributed by atoms with Gasteiger partial charge in [-0.3, -0.25) is 4.79 Å². The zero-order valence-corrected chi connectivity index (χ0v) is 29.7. The van der Waals surface area contributed by atoms with Crippen LogP contribution < -0.4 is 0 Å². The molecular weight excluding hydrogens is 723 g/mol. The van der Waals surface area contributed by atoms with Crippen LogP contribution in [0, 0.1) is 17.5 Å². The maximum Gasteiger partial charge on any atom is 0.256 e. The van der Waals surface area contributed by atoms with Crippen molar-refractivity contribution >= 4 is 5.91 Å². The zero-order chi connectivity index (χ0) is 38.4. The fourth-order valence-electron chi connectivity index (χ4n) is 7.35. The van der Waals surface area contributed by atoms with Crippen molar-refractivity contribution < 1.29 is 45.7 Å². The average molecular weight is 763 g/mol. The lowest BCUT2D eigenvalue weighted by atomic mass is 9.81. The Kier molecular flexibility index (Phi) is 12.0. The van der Waals surface area contributed by atoms with Crippen LogP contribution in [0.2, 0.25) is 0 Å². The number of hydrogen-bond donors (Lipinski definition) is 0. The first-order valence-electron chi connectivity index (χ1n) is 18.0. The normalized spacial score (nSPS) is 22.8. The van der Waals surface area contributed by atoms with E-state index >= 15 is 0 Å². The van der Waals surface area contributed by atoms with Crippen molar-refractivity contribution in [3.63, 3.8) is 0 Å². The highest BCUT2D eigenvalue weighted by molar-refractivity contribution is 5.78. The number of likely N-dealkylation sites (tertiary alicyclic amines) is 1. The first kappa shape index (κ1) is 38.3. The van der Waals surface area contributed by atoms with Crippen LogP contribution in [0.1, 0.15) is 42.0 Å². The standard InChI is InChI=1S/C41H39F5N4O5/c42-31-19-30(20-32(43)37(31)46)33-21-50(48-47-33)38-39(53-24-28-13-6-2-7-14-28)34(26-52-23-27-11-4-1-5-12-27)55-41(18-10-17-36(51)49(41)22-35(44)45)40(38)54-25-29-15-8-3-9-16-29/h1-9,11-16,19-21,34-35,38-40H,10,17-18,22-26H2/t34-,38+,39+,40-,41?/m1/s1. The Balaban J connectivity index is 1.36. The van der Waals surface area contributed by atoms with Crippen molar-refractivity contribution in [3.8, 4) is 11.3 Å². The molecule has 0 bridgehead atoms. The molecule has 55 heavy (non-hydrogen) atoms. The summed E-state index contributed by atoms with van der Waals surface area (Å²) in [5.74, 6) is -5.00. The van der Waals surface area contributed by atoms with E-state index < -0.39 is 66.4 Å². The lowest BCUT2D eigenvalue weighted by Gasteiger charge is -2.58. The molecule has 0 radical (unpaired) electrons. The van der Waals surface area contributed by atoms with Crippen LogP contribution in [0.15, 0.2) is 109 Å². The van der Waals surface area contributed by atoms with Gasteiger partial charge in [-0.2, -0.15) is 0 Å². The van der Waals surface area contributed by atoms with Crippen LogP contribution in [0.3, 0.4) is 0 Å². The third-order valence-corrected chi connectivity index (χ3v) is 9.86. The molecule has 1 spiro atoms. The second-order valence-corrected chi connectivity index (χ2v) is 13.6. The van der Waals surface area contributed by atoms with Gasteiger partial charge in [0.1, 0.15) is 30.0 Å². The molecule has 2 aliphatic rings. The molecule has 1 amide bonds. The minimum absolute atomic E-state index is 0.0111. The fourth-order valence-corrected chi connectivity index (χ4v) is 7.35. The van der Waals surface area contributed by atoms with Crippen molar-refractivity contribution in [1.29, 1.82) is 0 Å². The third kappa shape index (κ3) is 8.62. The summed E-state index contributed by atoms with van der Waals surface area (Å²) < 4.78 is 99.6. The molecule has 0 aliphatic carbocycles. The van der Waals surface area contributed by atoms with Crippen LogP contribution in [-0.2, 0) is 43.6 Å². The molecule has 1 unspecified atom stereocenters. The number of carbonyl (C=O) groups excluding carboxylic acids is 1. The van der Waals surface area contributed by atoms with Crippen LogP contribution in [-0.4, -0.2) is 69.4 Å². The number of amides is 1. The molecule has 4 aromatic carbocycles. The van der Waals surface area contributed by atoms with E-state index in [-0.39, 0.29) is 50.5 Å². The molecule has 3 heterocycles. The summed E-state index contributed by atoms with van der Waals surface area (Å²) >= 11 is 0. The molecule has 5 aromatic rings. The summed E-state index contributed by atoms with van der Waals surface area (Å²) in [6, 6.07) is 28.5. The molecule has 9 nitrogen and oxygen atoms in total. The number of piperidine rings is 1. The quantitative estimate of drug-likeness (QED) is 0.0849. The van der Waals surface area contributed by atoms with E-state index in [1.807, 2.05) is 91.0 Å². The SMILES string of the molecule is O=C1CCCC2(O[C@H](COCc3ccccc3)[C@H](OCc3ccccc3)[C@H](n3cc(-c4cc(F)c(F)c(F)c4)nn3)[C@H]2OCc2ccccc2)N1CC(F)F. The highest BCUT2D eigenvalue weighted by Gasteiger charge is 2.62. The molecule has 288 valence electrons. The van der Waals surface area contributed by atoms with Gasteiger partial charge in [0, 0.05) is 12.0 Å². The summed E-state index contributed by atoms with van der Waals surface area (Å²) in [4.78, 5) is 14.8. The number of nitrogens with zero attached hydrogens (tertiary/aromatic N) is 4. The summed E-state index contributed by atoms with van der Waals surface area (Å²) in [5, 5.41) is 8.57. The Bertz CT molecular complexity index is 2000. The van der Waals surface area contributed by atoms with Crippen LogP contribution in [0.5, 0.6) is 0 Å². The second kappa shape index (κ2) is 17.2. The predicted octanol–water partition coefficient (Wildman–Crippen LogP) is 7.66. The summed E-state index contributed by atoms with van der Waals surface area (Å²) in [5.41, 5.74) is 0.577. The maximum atomic E-state index is 14.4. The maximum absolute atomic E-state index is 14.4. The lowest BCUT2D eigenvalue weighted by molar-refractivity contribution is -0.329. The third-order valence-electron chi connectivity index (χ3n) is 9.86. The molecule has 2 saturated heterocycles. The molecule has 2 fully saturated rings. The Morgan fingerprint density at radius 1 is 0.818 bits per heavy atom. The molecule has 2 aliphatic heterocycles. The van der Waals surface area contributed by atoms with Gasteiger partial charge in [0.25, 0.3) is 6.43 Å². The van der Waals surface area contributed by atoms with Gasteiger partial charge >= 0.3 is 0 Å². The van der Waals surface area contributed by atoms with Gasteiger partial charge in [0.2, 0.25) is 5.91 Å². The number of aromatic nitrogens is 3. The van der Waals surface area contributed by atoms with Gasteiger partial charge in [0.15, 0.2) is 23.2 Å². The Hall–Kier alpha value is -5.02. The molecule has 7 rings (SSSR count). The molecule has 1 aromatic heterocycles. The summed E-state index contributed by atoms with van der Waals surface area (Å²) in [6.07, 6.45) is -4.24. The van der Waals surface area contributed by atoms with E-state index in [4.69, 9.17) is 18.9 Å². The van der Waals surface area contributed by atoms with Crippen molar-refractivity contribution in [2.45, 2.75) is 75.6 Å². The van der Waals surface area contributed by atoms with E-state index in [1.54, 1.807) is 0 Å². The minimum Gasteiger partial charge on any atom is -0.374 e. The van der Waals surface area contributed by atoms with Crippen molar-refractivity contribution in [2.24, 2.45) is 0 Å². The molecule has 0 N–H and O–H groups in total. The van der Waals surface area contributed by atoms with E-state index in [2.05, 4.69) is 10.3 Å². The van der Waals surface area contributed by atoms with Crippen LogP contribution in [0.4, 0.5) is 22.0 Å². The van der Waals surface area contributed by atoms with Gasteiger partial charge in [-0.25, -0.2) is 26.6 Å². The minimum atomic E-state index is -2.91. The highest BCUT2D eigenvalue weighted by atomic mass is 19.3. The van der Waals surface area contributed by atoms with Crippen molar-refractivity contribution in [3.05, 3.63) is 143 Å². The number of carbonyl (C=O) groups is 1. The topological polar surface area (TPSA) is 87.9 Å². The number of alkyl halides is 2. The van der Waals surface area contributed by atoms with E-state index in [0.29, 0.717) is 6.42 Å². The van der Waals surface area contributed by atoms with E-state index in [1.165, 1.54) is 10.9 Å². The monoisotopic (exact) mass is 762 g/mol. The van der Waals surface area contributed by atoms with Gasteiger partial charge in [-0.05, 0) is 41.7 Å². The average Bonchev–Trinajstić information content (AvgIpc) is 3.68. The number of rotatable bonds is 14. The van der Waals surface area contributed by atoms with Crippen LogP contribution in [0.25, 0.3) is 11.3 Å². The van der Waals surface area contributed by atoms with E-state index in [0.717, 1.165) is 33.7 Å². The molecule has 0 saturated carbocycles. The largest absolute Gasteiger partial charge is 0.374 e. The van der Waals surface area contributed by atoms with Gasteiger partial charge < -0.3 is 23.8 Å². The number of ether oxygens (including phenoxy) is 4. The second-order valence-electron chi connectivity index (χ2n) is 13.6. The summed E-state index contributed by atoms with van der Waals surface area (Å²) in [7, 11) is 0. The van der Waals surface area contributed by atoms with Crippen molar-refractivity contribution in [2.75, 3.05) is 13.2 Å². The first-order valence-corrected chi connectivity index (χ1v) is 18.0. The van der Waals surface area contributed by atoms with Gasteiger partial charge in [-0.15, -0.1) is 5.10 Å². The predicted molar refractivity (Wildman–Crippen MR) is 190 cm³/mol. The Morgan fingerprint density at radius 2 is 1.40 bits per heavy atom. The zero-order valence-electron chi connectivity index (χ0n) is 29.7. The van der Waals surface area contributed by atoms with Gasteiger partial charge in [-0.1, -0.05) is 96.2 Å². The van der Waals surface area contributed by atoms with Crippen molar-refractivity contribution in [1.82, 2.24) is 19.9 Å². The summed E-state index contributed by atoms with van der Waals surface area (Å²) in [6.45, 7) is -0.771.